The third-order valence-electron chi connectivity index (χ3n) is 3.20. The number of hydrogen-bond acceptors (Lipinski definition) is 3. The van der Waals surface area contributed by atoms with Gasteiger partial charge in [-0.05, 0) is 36.7 Å². The van der Waals surface area contributed by atoms with Gasteiger partial charge in [-0.1, -0.05) is 40.9 Å². The quantitative estimate of drug-likeness (QED) is 0.757. The highest BCUT2D eigenvalue weighted by Gasteiger charge is 2.12. The molecule has 0 radical (unpaired) electrons. The Bertz CT molecular complexity index is 662. The van der Waals surface area contributed by atoms with Gasteiger partial charge in [0.1, 0.15) is 18.1 Å². The van der Waals surface area contributed by atoms with Crippen molar-refractivity contribution in [3.63, 3.8) is 0 Å². The summed E-state index contributed by atoms with van der Waals surface area (Å²) < 4.78 is 11.1. The summed E-state index contributed by atoms with van der Waals surface area (Å²) in [5.41, 5.74) is 7.28. The summed E-state index contributed by atoms with van der Waals surface area (Å²) in [5.74, 6) is 1.40. The summed E-state index contributed by atoms with van der Waals surface area (Å²) in [6, 6.07) is 8.97. The zero-order valence-electron chi connectivity index (χ0n) is 12.0. The largest absolute Gasteiger partial charge is 0.497 e. The molecular weight excluding hydrogens is 345 g/mol. The molecule has 2 rings (SSSR count). The number of benzene rings is 2. The standard InChI is InChI=1S/C16H16Cl3NO2/c1-21-11-3-2-10(6-7-20)15(8-11)22-9-12-13(17)4-5-14(18)16(12)19/h2-5,8H,6-7,9,20H2,1H3. The Hall–Kier alpha value is -1.13. The Labute approximate surface area is 144 Å². The van der Waals surface area contributed by atoms with Crippen molar-refractivity contribution in [2.75, 3.05) is 13.7 Å². The molecule has 0 bridgehead atoms. The van der Waals surface area contributed by atoms with E-state index in [0.717, 1.165) is 5.56 Å². The van der Waals surface area contributed by atoms with Crippen molar-refractivity contribution in [3.8, 4) is 11.5 Å². The Morgan fingerprint density at radius 2 is 1.77 bits per heavy atom. The van der Waals surface area contributed by atoms with Crippen molar-refractivity contribution in [1.82, 2.24) is 0 Å². The maximum atomic E-state index is 6.18. The molecule has 0 aromatic heterocycles. The van der Waals surface area contributed by atoms with Gasteiger partial charge in [-0.25, -0.2) is 0 Å². The normalized spacial score (nSPS) is 10.6. The number of nitrogens with two attached hydrogens (primary N) is 1. The van der Waals surface area contributed by atoms with Gasteiger partial charge >= 0.3 is 0 Å². The summed E-state index contributed by atoms with van der Waals surface area (Å²) >= 11 is 18.4. The van der Waals surface area contributed by atoms with Crippen LogP contribution in [0.4, 0.5) is 0 Å². The molecule has 0 saturated carbocycles. The fourth-order valence-corrected chi connectivity index (χ4v) is 2.67. The van der Waals surface area contributed by atoms with Crippen LogP contribution in [-0.4, -0.2) is 13.7 Å². The Balaban J connectivity index is 2.26. The summed E-state index contributed by atoms with van der Waals surface area (Å²) in [4.78, 5) is 0. The average molecular weight is 361 g/mol. The minimum absolute atomic E-state index is 0.211. The Morgan fingerprint density at radius 3 is 2.45 bits per heavy atom. The van der Waals surface area contributed by atoms with Gasteiger partial charge < -0.3 is 15.2 Å². The molecule has 0 amide bonds. The minimum Gasteiger partial charge on any atom is -0.497 e. The Morgan fingerprint density at radius 1 is 1.05 bits per heavy atom. The van der Waals surface area contributed by atoms with E-state index in [1.165, 1.54) is 0 Å². The molecule has 2 aromatic rings. The van der Waals surface area contributed by atoms with E-state index >= 15 is 0 Å². The predicted molar refractivity (Wildman–Crippen MR) is 91.6 cm³/mol. The topological polar surface area (TPSA) is 44.5 Å². The highest BCUT2D eigenvalue weighted by atomic mass is 35.5. The maximum Gasteiger partial charge on any atom is 0.126 e. The zero-order valence-corrected chi connectivity index (χ0v) is 14.3. The molecule has 0 heterocycles. The van der Waals surface area contributed by atoms with Gasteiger partial charge in [0.15, 0.2) is 0 Å². The lowest BCUT2D eigenvalue weighted by Crippen LogP contribution is -2.06. The lowest BCUT2D eigenvalue weighted by molar-refractivity contribution is 0.300. The zero-order chi connectivity index (χ0) is 16.1. The average Bonchev–Trinajstić information content (AvgIpc) is 2.52. The van der Waals surface area contributed by atoms with Crippen LogP contribution in [0.25, 0.3) is 0 Å². The van der Waals surface area contributed by atoms with Gasteiger partial charge in [0.2, 0.25) is 0 Å². The van der Waals surface area contributed by atoms with Crippen LogP contribution in [0.15, 0.2) is 30.3 Å². The fourth-order valence-electron chi connectivity index (χ4n) is 2.01. The van der Waals surface area contributed by atoms with E-state index in [9.17, 15) is 0 Å². The molecule has 0 unspecified atom stereocenters. The first-order chi connectivity index (χ1) is 10.6. The predicted octanol–water partition coefficient (Wildman–Crippen LogP) is 4.74. The van der Waals surface area contributed by atoms with Crippen molar-refractivity contribution >= 4 is 34.8 Å². The van der Waals surface area contributed by atoms with Crippen LogP contribution in [0.1, 0.15) is 11.1 Å². The molecule has 2 aromatic carbocycles. The first-order valence-electron chi connectivity index (χ1n) is 6.69. The van der Waals surface area contributed by atoms with E-state index in [2.05, 4.69) is 0 Å². The fraction of sp³-hybridized carbons (Fsp3) is 0.250. The van der Waals surface area contributed by atoms with Crippen LogP contribution >= 0.6 is 34.8 Å². The molecular formula is C16H16Cl3NO2. The lowest BCUT2D eigenvalue weighted by Gasteiger charge is -2.14. The molecule has 0 saturated heterocycles. The number of halogens is 3. The van der Waals surface area contributed by atoms with Crippen molar-refractivity contribution in [2.45, 2.75) is 13.0 Å². The van der Waals surface area contributed by atoms with Crippen LogP contribution in [0, 0.1) is 0 Å². The number of ether oxygens (including phenoxy) is 2. The highest BCUT2D eigenvalue weighted by molar-refractivity contribution is 6.44. The van der Waals surface area contributed by atoms with Crippen molar-refractivity contribution < 1.29 is 9.47 Å². The molecule has 0 spiro atoms. The molecule has 0 aliphatic heterocycles. The van der Waals surface area contributed by atoms with E-state index in [1.54, 1.807) is 19.2 Å². The summed E-state index contributed by atoms with van der Waals surface area (Å²) in [6.45, 7) is 0.740. The first-order valence-corrected chi connectivity index (χ1v) is 7.82. The van der Waals surface area contributed by atoms with E-state index in [4.69, 9.17) is 50.0 Å². The molecule has 2 N–H and O–H groups in total. The van der Waals surface area contributed by atoms with Crippen LogP contribution in [0.3, 0.4) is 0 Å². The number of rotatable bonds is 6. The third-order valence-corrected chi connectivity index (χ3v) is 4.40. The molecule has 0 atom stereocenters. The molecule has 0 aliphatic rings. The van der Waals surface area contributed by atoms with E-state index in [-0.39, 0.29) is 6.61 Å². The monoisotopic (exact) mass is 359 g/mol. The van der Waals surface area contributed by atoms with Gasteiger partial charge in [-0.2, -0.15) is 0 Å². The van der Waals surface area contributed by atoms with Crippen LogP contribution in [-0.2, 0) is 13.0 Å². The molecule has 0 aliphatic carbocycles. The van der Waals surface area contributed by atoms with Gasteiger partial charge in [-0.15, -0.1) is 0 Å². The maximum absolute atomic E-state index is 6.18. The molecule has 22 heavy (non-hydrogen) atoms. The summed E-state index contributed by atoms with van der Waals surface area (Å²) in [7, 11) is 1.60. The molecule has 0 fully saturated rings. The smallest absolute Gasteiger partial charge is 0.126 e. The van der Waals surface area contributed by atoms with Crippen molar-refractivity contribution in [1.29, 1.82) is 0 Å². The van der Waals surface area contributed by atoms with Crippen LogP contribution in [0.2, 0.25) is 15.1 Å². The van der Waals surface area contributed by atoms with E-state index in [0.29, 0.717) is 45.1 Å². The minimum atomic E-state index is 0.211. The van der Waals surface area contributed by atoms with Crippen molar-refractivity contribution in [2.24, 2.45) is 5.73 Å². The van der Waals surface area contributed by atoms with Gasteiger partial charge in [0.25, 0.3) is 0 Å². The molecule has 3 nitrogen and oxygen atoms in total. The molecule has 118 valence electrons. The highest BCUT2D eigenvalue weighted by Crippen LogP contribution is 2.33. The second kappa shape index (κ2) is 7.93. The Kier molecular flexibility index (Phi) is 6.21. The SMILES string of the molecule is COc1ccc(CCN)c(OCc2c(Cl)ccc(Cl)c2Cl)c1. The van der Waals surface area contributed by atoms with Gasteiger partial charge in [-0.3, -0.25) is 0 Å². The lowest BCUT2D eigenvalue weighted by atomic mass is 10.1. The second-order valence-electron chi connectivity index (χ2n) is 4.62. The van der Waals surface area contributed by atoms with Crippen molar-refractivity contribution in [3.05, 3.63) is 56.5 Å². The first kappa shape index (κ1) is 17.2. The number of hydrogen-bond donors (Lipinski definition) is 1. The summed E-state index contributed by atoms with van der Waals surface area (Å²) in [5, 5.41) is 1.35. The summed E-state index contributed by atoms with van der Waals surface area (Å²) in [6.07, 6.45) is 0.705. The third kappa shape index (κ3) is 3.99. The van der Waals surface area contributed by atoms with E-state index < -0.39 is 0 Å². The van der Waals surface area contributed by atoms with Crippen LogP contribution < -0.4 is 15.2 Å². The molecule has 6 heteroatoms. The van der Waals surface area contributed by atoms with Gasteiger partial charge in [0.05, 0.1) is 17.2 Å². The van der Waals surface area contributed by atoms with Gasteiger partial charge in [0, 0.05) is 16.7 Å². The second-order valence-corrected chi connectivity index (χ2v) is 5.82. The number of methoxy groups -OCH3 is 1. The van der Waals surface area contributed by atoms with Crippen LogP contribution in [0.5, 0.6) is 11.5 Å². The van der Waals surface area contributed by atoms with E-state index in [1.807, 2.05) is 18.2 Å².